The van der Waals surface area contributed by atoms with Gasteiger partial charge in [0.15, 0.2) is 0 Å². The predicted octanol–water partition coefficient (Wildman–Crippen LogP) is 4.00. The average molecular weight is 142 g/mol. The molecule has 0 amide bonds. The molecule has 0 rings (SSSR count). The molecule has 0 aromatic carbocycles. The van der Waals surface area contributed by atoms with Crippen molar-refractivity contribution in [3.8, 4) is 0 Å². The highest BCUT2D eigenvalue weighted by molar-refractivity contribution is 4.50. The molecule has 0 bridgehead atoms. The Kier molecular flexibility index (Phi) is 7.11. The molecule has 0 aromatic rings. The average Bonchev–Trinajstić information content (AvgIpc) is 1.98. The standard InChI is InChI=1S/C10H22/c1-4-6-7-8-9-10(3)5-2/h10H,4-9H2,1-3H3/t10-/m0/s1. The molecule has 0 saturated carbocycles. The van der Waals surface area contributed by atoms with Crippen molar-refractivity contribution >= 4 is 0 Å². The van der Waals surface area contributed by atoms with E-state index in [1.165, 1.54) is 38.5 Å². The van der Waals surface area contributed by atoms with Crippen molar-refractivity contribution in [1.29, 1.82) is 0 Å². The molecule has 62 valence electrons. The van der Waals surface area contributed by atoms with Crippen LogP contribution in [0.3, 0.4) is 0 Å². The molecule has 0 heterocycles. The van der Waals surface area contributed by atoms with E-state index >= 15 is 0 Å². The highest BCUT2D eigenvalue weighted by Gasteiger charge is 1.96. The van der Waals surface area contributed by atoms with Gasteiger partial charge in [-0.05, 0) is 5.92 Å². The maximum atomic E-state index is 2.35. The summed E-state index contributed by atoms with van der Waals surface area (Å²) < 4.78 is 0. The van der Waals surface area contributed by atoms with Gasteiger partial charge in [0.2, 0.25) is 0 Å². The zero-order valence-electron chi connectivity index (χ0n) is 7.82. The maximum absolute atomic E-state index is 2.35. The third-order valence-electron chi connectivity index (χ3n) is 2.25. The Morgan fingerprint density at radius 2 is 1.70 bits per heavy atom. The monoisotopic (exact) mass is 142 g/mol. The first kappa shape index (κ1) is 10.0. The van der Waals surface area contributed by atoms with Gasteiger partial charge in [0.05, 0.1) is 0 Å². The van der Waals surface area contributed by atoms with Crippen molar-refractivity contribution in [3.63, 3.8) is 0 Å². The highest BCUT2D eigenvalue weighted by atomic mass is 14.0. The first-order chi connectivity index (χ1) is 4.81. The molecule has 1 atom stereocenters. The summed E-state index contributed by atoms with van der Waals surface area (Å²) >= 11 is 0. The summed E-state index contributed by atoms with van der Waals surface area (Å²) in [6.07, 6.45) is 8.48. The van der Waals surface area contributed by atoms with E-state index in [-0.39, 0.29) is 0 Å². The molecule has 0 spiro atoms. The molecule has 0 fully saturated rings. The summed E-state index contributed by atoms with van der Waals surface area (Å²) in [7, 11) is 0. The Balaban J connectivity index is 2.89. The van der Waals surface area contributed by atoms with Crippen molar-refractivity contribution in [2.75, 3.05) is 0 Å². The third-order valence-corrected chi connectivity index (χ3v) is 2.25. The SMILES string of the molecule is CCCCCC[C@@H](C)CC. The van der Waals surface area contributed by atoms with E-state index in [0.29, 0.717) is 0 Å². The van der Waals surface area contributed by atoms with Crippen LogP contribution in [0.4, 0.5) is 0 Å². The quantitative estimate of drug-likeness (QED) is 0.492. The molecular formula is C10H22. The van der Waals surface area contributed by atoms with Crippen LogP contribution in [0.1, 0.15) is 59.3 Å². The minimum Gasteiger partial charge on any atom is -0.0654 e. The molecule has 0 aliphatic rings. The van der Waals surface area contributed by atoms with Crippen LogP contribution < -0.4 is 0 Å². The van der Waals surface area contributed by atoms with Crippen molar-refractivity contribution in [2.24, 2.45) is 5.92 Å². The van der Waals surface area contributed by atoms with Gasteiger partial charge in [-0.2, -0.15) is 0 Å². The minimum atomic E-state index is 0.955. The first-order valence-corrected chi connectivity index (χ1v) is 4.81. The molecule has 0 nitrogen and oxygen atoms in total. The van der Waals surface area contributed by atoms with Crippen molar-refractivity contribution in [3.05, 3.63) is 0 Å². The van der Waals surface area contributed by atoms with Gasteiger partial charge < -0.3 is 0 Å². The molecule has 0 N–H and O–H groups in total. The van der Waals surface area contributed by atoms with Gasteiger partial charge in [0, 0.05) is 0 Å². The normalized spacial score (nSPS) is 13.5. The Morgan fingerprint density at radius 1 is 1.00 bits per heavy atom. The van der Waals surface area contributed by atoms with E-state index in [1.54, 1.807) is 0 Å². The zero-order chi connectivity index (χ0) is 7.82. The van der Waals surface area contributed by atoms with Crippen molar-refractivity contribution in [1.82, 2.24) is 0 Å². The lowest BCUT2D eigenvalue weighted by molar-refractivity contribution is 0.477. The van der Waals surface area contributed by atoms with E-state index in [0.717, 1.165) is 5.92 Å². The fourth-order valence-electron chi connectivity index (χ4n) is 1.12. The maximum Gasteiger partial charge on any atom is -0.0445 e. The second-order valence-corrected chi connectivity index (χ2v) is 3.36. The lowest BCUT2D eigenvalue weighted by Crippen LogP contribution is -1.91. The van der Waals surface area contributed by atoms with Crippen molar-refractivity contribution < 1.29 is 0 Å². The third kappa shape index (κ3) is 6.12. The summed E-state index contributed by atoms with van der Waals surface area (Å²) in [5.74, 6) is 0.955. The lowest BCUT2D eigenvalue weighted by atomic mass is 10.0. The van der Waals surface area contributed by atoms with Crippen LogP contribution in [0.2, 0.25) is 0 Å². The smallest absolute Gasteiger partial charge is 0.0445 e. The lowest BCUT2D eigenvalue weighted by Gasteiger charge is -2.06. The minimum absolute atomic E-state index is 0.955. The summed E-state index contributed by atoms with van der Waals surface area (Å²) in [4.78, 5) is 0. The topological polar surface area (TPSA) is 0 Å². The highest BCUT2D eigenvalue weighted by Crippen LogP contribution is 2.12. The van der Waals surface area contributed by atoms with Gasteiger partial charge in [-0.1, -0.05) is 59.3 Å². The predicted molar refractivity (Wildman–Crippen MR) is 48.2 cm³/mol. The van der Waals surface area contributed by atoms with Crippen LogP contribution in [-0.2, 0) is 0 Å². The van der Waals surface area contributed by atoms with Crippen LogP contribution in [0.15, 0.2) is 0 Å². The summed E-state index contributed by atoms with van der Waals surface area (Å²) in [6.45, 7) is 6.90. The molecule has 0 heteroatoms. The number of unbranched alkanes of at least 4 members (excludes halogenated alkanes) is 3. The van der Waals surface area contributed by atoms with Gasteiger partial charge in [0.25, 0.3) is 0 Å². The van der Waals surface area contributed by atoms with E-state index in [2.05, 4.69) is 20.8 Å². The Hall–Kier alpha value is 0. The molecule has 0 radical (unpaired) electrons. The summed E-state index contributed by atoms with van der Waals surface area (Å²) in [5.41, 5.74) is 0. The Morgan fingerprint density at radius 3 is 2.20 bits per heavy atom. The zero-order valence-corrected chi connectivity index (χ0v) is 7.82. The van der Waals surface area contributed by atoms with Gasteiger partial charge >= 0.3 is 0 Å². The van der Waals surface area contributed by atoms with Crippen LogP contribution in [0, 0.1) is 5.92 Å². The molecule has 0 aliphatic carbocycles. The van der Waals surface area contributed by atoms with E-state index in [4.69, 9.17) is 0 Å². The largest absolute Gasteiger partial charge is 0.0654 e. The summed E-state index contributed by atoms with van der Waals surface area (Å²) in [6, 6.07) is 0. The van der Waals surface area contributed by atoms with Crippen LogP contribution in [-0.4, -0.2) is 0 Å². The van der Waals surface area contributed by atoms with Crippen LogP contribution >= 0.6 is 0 Å². The number of hydrogen-bond donors (Lipinski definition) is 0. The summed E-state index contributed by atoms with van der Waals surface area (Å²) in [5, 5.41) is 0. The fraction of sp³-hybridized carbons (Fsp3) is 1.00. The van der Waals surface area contributed by atoms with Crippen molar-refractivity contribution in [2.45, 2.75) is 59.3 Å². The Bertz CT molecular complexity index is 57.1. The van der Waals surface area contributed by atoms with Crippen LogP contribution in [0.25, 0.3) is 0 Å². The fourth-order valence-corrected chi connectivity index (χ4v) is 1.12. The first-order valence-electron chi connectivity index (χ1n) is 4.81. The van der Waals surface area contributed by atoms with E-state index < -0.39 is 0 Å². The molecule has 10 heavy (non-hydrogen) atoms. The molecular weight excluding hydrogens is 120 g/mol. The second-order valence-electron chi connectivity index (χ2n) is 3.36. The molecule has 0 aromatic heterocycles. The van der Waals surface area contributed by atoms with Gasteiger partial charge in [-0.3, -0.25) is 0 Å². The van der Waals surface area contributed by atoms with Gasteiger partial charge in [0.1, 0.15) is 0 Å². The number of hydrogen-bond acceptors (Lipinski definition) is 0. The molecule has 0 aliphatic heterocycles. The van der Waals surface area contributed by atoms with Crippen LogP contribution in [0.5, 0.6) is 0 Å². The van der Waals surface area contributed by atoms with E-state index in [1.807, 2.05) is 0 Å². The van der Waals surface area contributed by atoms with Gasteiger partial charge in [-0.25, -0.2) is 0 Å². The molecule has 0 saturated heterocycles. The van der Waals surface area contributed by atoms with E-state index in [9.17, 15) is 0 Å². The molecule has 0 unspecified atom stereocenters. The Labute approximate surface area is 66.0 Å². The van der Waals surface area contributed by atoms with Gasteiger partial charge in [-0.15, -0.1) is 0 Å². The number of rotatable bonds is 6. The second kappa shape index (κ2) is 7.11.